The molecule has 0 amide bonds. The Kier molecular flexibility index (Phi) is 5.65. The largest absolute Gasteiger partial charge is 0.468 e. The van der Waals surface area contributed by atoms with Crippen molar-refractivity contribution < 1.29 is 14.3 Å². The van der Waals surface area contributed by atoms with Gasteiger partial charge in [0.1, 0.15) is 6.04 Å². The molecule has 0 radical (unpaired) electrons. The average molecular weight is 215 g/mol. The second kappa shape index (κ2) is 6.80. The summed E-state index contributed by atoms with van der Waals surface area (Å²) in [5.74, 6) is 0.494. The fourth-order valence-corrected chi connectivity index (χ4v) is 1.31. The van der Waals surface area contributed by atoms with Crippen molar-refractivity contribution in [3.05, 3.63) is 0 Å². The van der Waals surface area contributed by atoms with Crippen molar-refractivity contribution in [2.24, 2.45) is 5.92 Å². The quantitative estimate of drug-likeness (QED) is 0.612. The number of carbonyl (C=O) groups excluding carboxylic acids is 1. The van der Waals surface area contributed by atoms with Gasteiger partial charge in [-0.1, -0.05) is 6.92 Å². The van der Waals surface area contributed by atoms with Crippen molar-refractivity contribution in [3.63, 3.8) is 0 Å². The molecule has 0 heterocycles. The van der Waals surface area contributed by atoms with Crippen LogP contribution in [0.1, 0.15) is 26.2 Å². The van der Waals surface area contributed by atoms with Gasteiger partial charge in [-0.2, -0.15) is 0 Å². The van der Waals surface area contributed by atoms with E-state index in [1.54, 1.807) is 0 Å². The van der Waals surface area contributed by atoms with Crippen LogP contribution in [0, 0.1) is 5.92 Å². The van der Waals surface area contributed by atoms with E-state index in [0.29, 0.717) is 6.61 Å². The number of carbonyl (C=O) groups is 1. The SMILES string of the molecule is CCCNC(COCC1CC1)C(=O)OC. The van der Waals surface area contributed by atoms with Crippen LogP contribution >= 0.6 is 0 Å². The number of rotatable bonds is 8. The first-order valence-electron chi connectivity index (χ1n) is 5.66. The van der Waals surface area contributed by atoms with Gasteiger partial charge in [-0.25, -0.2) is 0 Å². The van der Waals surface area contributed by atoms with Gasteiger partial charge >= 0.3 is 5.97 Å². The summed E-state index contributed by atoms with van der Waals surface area (Å²) in [4.78, 5) is 11.3. The van der Waals surface area contributed by atoms with E-state index in [9.17, 15) is 4.79 Å². The smallest absolute Gasteiger partial charge is 0.325 e. The molecule has 0 aromatic heterocycles. The molecule has 1 aliphatic rings. The normalized spacial score (nSPS) is 17.5. The summed E-state index contributed by atoms with van der Waals surface area (Å²) in [6.07, 6.45) is 3.53. The Morgan fingerprint density at radius 1 is 1.53 bits per heavy atom. The molecule has 1 fully saturated rings. The minimum absolute atomic E-state index is 0.237. The minimum Gasteiger partial charge on any atom is -0.468 e. The van der Waals surface area contributed by atoms with Gasteiger partial charge in [-0.3, -0.25) is 4.79 Å². The van der Waals surface area contributed by atoms with Crippen molar-refractivity contribution in [2.45, 2.75) is 32.2 Å². The Balaban J connectivity index is 2.16. The number of hydrogen-bond donors (Lipinski definition) is 1. The van der Waals surface area contributed by atoms with Gasteiger partial charge in [-0.15, -0.1) is 0 Å². The van der Waals surface area contributed by atoms with E-state index in [2.05, 4.69) is 12.2 Å². The second-order valence-corrected chi connectivity index (χ2v) is 4.01. The number of nitrogens with one attached hydrogen (secondary N) is 1. The summed E-state index contributed by atoms with van der Waals surface area (Å²) >= 11 is 0. The highest BCUT2D eigenvalue weighted by Gasteiger charge is 2.23. The van der Waals surface area contributed by atoms with E-state index in [-0.39, 0.29) is 12.0 Å². The average Bonchev–Trinajstić information content (AvgIpc) is 3.06. The van der Waals surface area contributed by atoms with E-state index < -0.39 is 0 Å². The lowest BCUT2D eigenvalue weighted by atomic mass is 10.3. The molecular formula is C11H21NO3. The van der Waals surface area contributed by atoms with Crippen molar-refractivity contribution in [1.29, 1.82) is 0 Å². The third kappa shape index (κ3) is 5.14. The molecular weight excluding hydrogens is 194 g/mol. The maximum absolute atomic E-state index is 11.3. The standard InChI is InChI=1S/C11H21NO3/c1-3-6-12-10(11(13)14-2)8-15-7-9-4-5-9/h9-10,12H,3-8H2,1-2H3. The van der Waals surface area contributed by atoms with Crippen molar-refractivity contribution in [1.82, 2.24) is 5.32 Å². The molecule has 0 saturated heterocycles. The summed E-state index contributed by atoms with van der Waals surface area (Å²) in [6.45, 7) is 4.07. The minimum atomic E-state index is -0.311. The molecule has 0 aromatic carbocycles. The summed E-state index contributed by atoms with van der Waals surface area (Å²) in [5, 5.41) is 3.11. The zero-order valence-corrected chi connectivity index (χ0v) is 9.62. The fourth-order valence-electron chi connectivity index (χ4n) is 1.31. The highest BCUT2D eigenvalue weighted by atomic mass is 16.5. The predicted octanol–water partition coefficient (Wildman–Crippen LogP) is 0.954. The molecule has 1 saturated carbocycles. The highest BCUT2D eigenvalue weighted by Crippen LogP contribution is 2.28. The Morgan fingerprint density at radius 2 is 2.27 bits per heavy atom. The van der Waals surface area contributed by atoms with Gasteiger partial charge in [0.05, 0.1) is 13.7 Å². The lowest BCUT2D eigenvalue weighted by Gasteiger charge is -2.15. The third-order valence-corrected chi connectivity index (χ3v) is 2.46. The molecule has 88 valence electrons. The number of methoxy groups -OCH3 is 1. The summed E-state index contributed by atoms with van der Waals surface area (Å²) < 4.78 is 10.2. The molecule has 0 bridgehead atoms. The second-order valence-electron chi connectivity index (χ2n) is 4.01. The van der Waals surface area contributed by atoms with Gasteiger partial charge in [0.15, 0.2) is 0 Å². The maximum Gasteiger partial charge on any atom is 0.325 e. The van der Waals surface area contributed by atoms with E-state index in [1.807, 2.05) is 0 Å². The van der Waals surface area contributed by atoms with Crippen molar-refractivity contribution >= 4 is 5.97 Å². The Labute approximate surface area is 91.3 Å². The predicted molar refractivity (Wildman–Crippen MR) is 57.6 cm³/mol. The Morgan fingerprint density at radius 3 is 2.80 bits per heavy atom. The van der Waals surface area contributed by atoms with E-state index in [0.717, 1.165) is 25.5 Å². The topological polar surface area (TPSA) is 47.6 Å². The molecule has 1 unspecified atom stereocenters. The molecule has 1 rings (SSSR count). The van der Waals surface area contributed by atoms with Gasteiger partial charge in [0.25, 0.3) is 0 Å². The van der Waals surface area contributed by atoms with E-state index in [4.69, 9.17) is 9.47 Å². The van der Waals surface area contributed by atoms with Gasteiger partial charge in [0.2, 0.25) is 0 Å². The van der Waals surface area contributed by atoms with Crippen molar-refractivity contribution in [2.75, 3.05) is 26.9 Å². The molecule has 1 atom stereocenters. The number of hydrogen-bond acceptors (Lipinski definition) is 4. The first-order valence-corrected chi connectivity index (χ1v) is 5.66. The molecule has 0 aliphatic heterocycles. The van der Waals surface area contributed by atoms with Crippen LogP contribution in [0.2, 0.25) is 0 Å². The van der Waals surface area contributed by atoms with Crippen LogP contribution in [0.4, 0.5) is 0 Å². The summed E-state index contributed by atoms with van der Waals surface area (Å²) in [6, 6.07) is -0.311. The van der Waals surface area contributed by atoms with Crippen LogP contribution < -0.4 is 5.32 Å². The molecule has 4 nitrogen and oxygen atoms in total. The van der Waals surface area contributed by atoms with Gasteiger partial charge in [0, 0.05) is 6.61 Å². The summed E-state index contributed by atoms with van der Waals surface area (Å²) in [7, 11) is 1.41. The Hall–Kier alpha value is -0.610. The maximum atomic E-state index is 11.3. The third-order valence-electron chi connectivity index (χ3n) is 2.46. The summed E-state index contributed by atoms with van der Waals surface area (Å²) in [5.41, 5.74) is 0. The van der Waals surface area contributed by atoms with Crippen LogP contribution in [0.25, 0.3) is 0 Å². The van der Waals surface area contributed by atoms with E-state index in [1.165, 1.54) is 20.0 Å². The van der Waals surface area contributed by atoms with Crippen LogP contribution in [0.5, 0.6) is 0 Å². The molecule has 15 heavy (non-hydrogen) atoms. The zero-order valence-electron chi connectivity index (χ0n) is 9.62. The van der Waals surface area contributed by atoms with Crippen molar-refractivity contribution in [3.8, 4) is 0 Å². The number of ether oxygens (including phenoxy) is 2. The lowest BCUT2D eigenvalue weighted by molar-refractivity contribution is -0.144. The zero-order chi connectivity index (χ0) is 11.1. The monoisotopic (exact) mass is 215 g/mol. The molecule has 1 aliphatic carbocycles. The van der Waals surface area contributed by atoms with E-state index >= 15 is 0 Å². The molecule has 0 aromatic rings. The molecule has 0 spiro atoms. The van der Waals surface area contributed by atoms with Crippen LogP contribution in [0.15, 0.2) is 0 Å². The molecule has 1 N–H and O–H groups in total. The molecule has 4 heteroatoms. The first-order chi connectivity index (χ1) is 7.27. The Bertz CT molecular complexity index is 192. The number of esters is 1. The van der Waals surface area contributed by atoms with Gasteiger partial charge < -0.3 is 14.8 Å². The fraction of sp³-hybridized carbons (Fsp3) is 0.909. The van der Waals surface area contributed by atoms with Crippen LogP contribution in [-0.4, -0.2) is 38.9 Å². The van der Waals surface area contributed by atoms with Crippen LogP contribution in [0.3, 0.4) is 0 Å². The first kappa shape index (κ1) is 12.5. The lowest BCUT2D eigenvalue weighted by Crippen LogP contribution is -2.41. The van der Waals surface area contributed by atoms with Crippen LogP contribution in [-0.2, 0) is 14.3 Å². The van der Waals surface area contributed by atoms with Gasteiger partial charge in [-0.05, 0) is 31.7 Å². The highest BCUT2D eigenvalue weighted by molar-refractivity contribution is 5.75.